The van der Waals surface area contributed by atoms with Crippen LogP contribution in [0.25, 0.3) is 0 Å². The number of ether oxygens (including phenoxy) is 1. The van der Waals surface area contributed by atoms with Gasteiger partial charge in [0.05, 0.1) is 13.2 Å². The summed E-state index contributed by atoms with van der Waals surface area (Å²) in [7, 11) is 0. The number of carbonyl (C=O) groups excluding carboxylic acids is 1. The van der Waals surface area contributed by atoms with Crippen molar-refractivity contribution in [1.82, 2.24) is 0 Å². The van der Waals surface area contributed by atoms with Gasteiger partial charge >= 0.3 is 0 Å². The maximum Gasteiger partial charge on any atom is 0.140 e. The zero-order valence-corrected chi connectivity index (χ0v) is 10.3. The zero-order valence-electron chi connectivity index (χ0n) is 8.71. The van der Waals surface area contributed by atoms with Crippen LogP contribution in [-0.4, -0.2) is 19.0 Å². The molecule has 86 valence electrons. The summed E-state index contributed by atoms with van der Waals surface area (Å²) in [6, 6.07) is 4.71. The first-order valence-corrected chi connectivity index (χ1v) is 6.00. The van der Waals surface area contributed by atoms with Crippen molar-refractivity contribution >= 4 is 21.7 Å². The third kappa shape index (κ3) is 2.89. The molecule has 0 aromatic heterocycles. The molecule has 0 amide bonds. The number of hydrogen-bond donors (Lipinski definition) is 0. The van der Waals surface area contributed by atoms with Crippen molar-refractivity contribution in [3.63, 3.8) is 0 Å². The smallest absolute Gasteiger partial charge is 0.140 e. The molecule has 4 heteroatoms. The Morgan fingerprint density at radius 3 is 2.94 bits per heavy atom. The van der Waals surface area contributed by atoms with Crippen LogP contribution in [0.3, 0.4) is 0 Å². The van der Waals surface area contributed by atoms with E-state index in [0.717, 1.165) is 5.56 Å². The lowest BCUT2D eigenvalue weighted by Gasteiger charge is -2.20. The Hall–Kier alpha value is -0.740. The van der Waals surface area contributed by atoms with Crippen LogP contribution in [0.15, 0.2) is 22.7 Å². The highest BCUT2D eigenvalue weighted by atomic mass is 79.9. The molecule has 1 atom stereocenters. The van der Waals surface area contributed by atoms with E-state index >= 15 is 0 Å². The summed E-state index contributed by atoms with van der Waals surface area (Å²) in [5.41, 5.74) is 0.829. The van der Waals surface area contributed by atoms with Crippen molar-refractivity contribution in [3.05, 3.63) is 34.1 Å². The van der Waals surface area contributed by atoms with Crippen molar-refractivity contribution in [2.45, 2.75) is 12.8 Å². The summed E-state index contributed by atoms with van der Waals surface area (Å²) in [5, 5.41) is 0. The molecule has 0 spiro atoms. The normalized spacial score (nSPS) is 21.1. The van der Waals surface area contributed by atoms with Crippen molar-refractivity contribution in [2.24, 2.45) is 5.92 Å². The summed E-state index contributed by atoms with van der Waals surface area (Å²) in [4.78, 5) is 11.6. The Morgan fingerprint density at radius 2 is 2.25 bits per heavy atom. The van der Waals surface area contributed by atoms with Gasteiger partial charge in [-0.05, 0) is 30.2 Å². The van der Waals surface area contributed by atoms with Crippen molar-refractivity contribution in [1.29, 1.82) is 0 Å². The predicted octanol–water partition coefficient (Wildman–Crippen LogP) is 2.74. The number of rotatable bonds is 2. The van der Waals surface area contributed by atoms with E-state index in [1.165, 1.54) is 12.1 Å². The van der Waals surface area contributed by atoms with E-state index in [0.29, 0.717) is 30.5 Å². The van der Waals surface area contributed by atoms with E-state index in [1.807, 2.05) is 6.07 Å². The van der Waals surface area contributed by atoms with E-state index in [-0.39, 0.29) is 17.5 Å². The largest absolute Gasteiger partial charge is 0.380 e. The fraction of sp³-hybridized carbons (Fsp3) is 0.417. The topological polar surface area (TPSA) is 26.3 Å². The van der Waals surface area contributed by atoms with Crippen LogP contribution in [0.5, 0.6) is 0 Å². The molecule has 0 bridgehead atoms. The second kappa shape index (κ2) is 5.06. The summed E-state index contributed by atoms with van der Waals surface area (Å²) >= 11 is 3.24. The monoisotopic (exact) mass is 286 g/mol. The second-order valence-electron chi connectivity index (χ2n) is 3.97. The van der Waals surface area contributed by atoms with Crippen molar-refractivity contribution in [3.8, 4) is 0 Å². The van der Waals surface area contributed by atoms with E-state index in [9.17, 15) is 9.18 Å². The van der Waals surface area contributed by atoms with E-state index in [4.69, 9.17) is 4.74 Å². The summed E-state index contributed by atoms with van der Waals surface area (Å²) in [5.74, 6) is -0.192. The molecule has 0 aliphatic carbocycles. The minimum atomic E-state index is -0.284. The zero-order chi connectivity index (χ0) is 11.5. The minimum absolute atomic E-state index is 0.123. The first-order chi connectivity index (χ1) is 7.65. The van der Waals surface area contributed by atoms with Gasteiger partial charge in [-0.2, -0.15) is 0 Å². The SMILES string of the molecule is O=C1CCOCC1Cc1cc(F)cc(Br)c1. The maximum atomic E-state index is 13.1. The summed E-state index contributed by atoms with van der Waals surface area (Å²) < 4.78 is 19.1. The van der Waals surface area contributed by atoms with Crippen LogP contribution >= 0.6 is 15.9 Å². The number of benzene rings is 1. The Bertz CT molecular complexity index is 386. The van der Waals surface area contributed by atoms with Crippen LogP contribution in [0.1, 0.15) is 12.0 Å². The molecule has 1 saturated heterocycles. The van der Waals surface area contributed by atoms with E-state index in [2.05, 4.69) is 15.9 Å². The quantitative estimate of drug-likeness (QED) is 0.836. The molecule has 1 aromatic rings. The third-order valence-electron chi connectivity index (χ3n) is 2.67. The van der Waals surface area contributed by atoms with Gasteiger partial charge < -0.3 is 4.74 Å². The molecular formula is C12H12BrFO2. The van der Waals surface area contributed by atoms with Gasteiger partial charge in [-0.25, -0.2) is 4.39 Å². The highest BCUT2D eigenvalue weighted by molar-refractivity contribution is 9.10. The summed E-state index contributed by atoms with van der Waals surface area (Å²) in [6.45, 7) is 0.967. The molecule has 1 aromatic carbocycles. The van der Waals surface area contributed by atoms with Crippen LogP contribution in [-0.2, 0) is 16.0 Å². The van der Waals surface area contributed by atoms with Crippen LogP contribution in [0.4, 0.5) is 4.39 Å². The van der Waals surface area contributed by atoms with Crippen LogP contribution in [0.2, 0.25) is 0 Å². The Balaban J connectivity index is 2.10. The van der Waals surface area contributed by atoms with Gasteiger partial charge in [-0.1, -0.05) is 15.9 Å². The fourth-order valence-electron chi connectivity index (χ4n) is 1.88. The Labute approximate surface area is 102 Å². The van der Waals surface area contributed by atoms with Gasteiger partial charge in [-0.15, -0.1) is 0 Å². The van der Waals surface area contributed by atoms with E-state index < -0.39 is 0 Å². The molecule has 1 aliphatic heterocycles. The molecule has 2 nitrogen and oxygen atoms in total. The minimum Gasteiger partial charge on any atom is -0.380 e. The lowest BCUT2D eigenvalue weighted by Crippen LogP contribution is -2.29. The Kier molecular flexibility index (Phi) is 3.71. The number of halogens is 2. The lowest BCUT2D eigenvalue weighted by atomic mass is 9.93. The van der Waals surface area contributed by atoms with Gasteiger partial charge in [0.1, 0.15) is 11.6 Å². The van der Waals surface area contributed by atoms with Crippen LogP contribution in [0, 0.1) is 11.7 Å². The van der Waals surface area contributed by atoms with Gasteiger partial charge in [0.15, 0.2) is 0 Å². The lowest BCUT2D eigenvalue weighted by molar-refractivity contribution is -0.130. The highest BCUT2D eigenvalue weighted by Gasteiger charge is 2.23. The predicted molar refractivity (Wildman–Crippen MR) is 61.7 cm³/mol. The summed E-state index contributed by atoms with van der Waals surface area (Å²) in [6.07, 6.45) is 1.02. The van der Waals surface area contributed by atoms with Gasteiger partial charge in [0, 0.05) is 16.8 Å². The number of hydrogen-bond acceptors (Lipinski definition) is 2. The molecule has 16 heavy (non-hydrogen) atoms. The molecule has 0 radical (unpaired) electrons. The highest BCUT2D eigenvalue weighted by Crippen LogP contribution is 2.20. The average molecular weight is 287 g/mol. The maximum absolute atomic E-state index is 13.1. The molecule has 2 rings (SSSR count). The average Bonchev–Trinajstić information content (AvgIpc) is 2.20. The first-order valence-electron chi connectivity index (χ1n) is 5.20. The van der Waals surface area contributed by atoms with Crippen molar-refractivity contribution < 1.29 is 13.9 Å². The molecule has 0 saturated carbocycles. The molecule has 0 N–H and O–H groups in total. The molecule has 1 unspecified atom stereocenters. The molecule has 1 fully saturated rings. The first kappa shape index (κ1) is 11.7. The molecule has 1 heterocycles. The van der Waals surface area contributed by atoms with Crippen molar-refractivity contribution in [2.75, 3.05) is 13.2 Å². The van der Waals surface area contributed by atoms with Gasteiger partial charge in [0.25, 0.3) is 0 Å². The van der Waals surface area contributed by atoms with Gasteiger partial charge in [-0.3, -0.25) is 4.79 Å². The number of carbonyl (C=O) groups is 1. The second-order valence-corrected chi connectivity index (χ2v) is 4.89. The van der Waals surface area contributed by atoms with Gasteiger partial charge in [0.2, 0.25) is 0 Å². The van der Waals surface area contributed by atoms with E-state index in [1.54, 1.807) is 0 Å². The standard InChI is InChI=1S/C12H12BrFO2/c13-10-4-8(5-11(14)6-10)3-9-7-16-2-1-12(9)15/h4-6,9H,1-3,7H2. The van der Waals surface area contributed by atoms with Crippen LogP contribution < -0.4 is 0 Å². The third-order valence-corrected chi connectivity index (χ3v) is 3.13. The fourth-order valence-corrected chi connectivity index (χ4v) is 2.39. The number of ketones is 1. The Morgan fingerprint density at radius 1 is 1.44 bits per heavy atom. The molecular weight excluding hydrogens is 275 g/mol. The number of Topliss-reactive ketones (excluding diaryl/α,β-unsaturated/α-hetero) is 1. The molecule has 1 aliphatic rings.